The van der Waals surface area contributed by atoms with Gasteiger partial charge in [-0.15, -0.1) is 11.6 Å². The maximum atomic E-state index is 13.1. The summed E-state index contributed by atoms with van der Waals surface area (Å²) in [6.45, 7) is 5.18. The van der Waals surface area contributed by atoms with E-state index < -0.39 is 0 Å². The number of likely N-dealkylation sites (tertiary alicyclic amines) is 1. The Hall–Kier alpha value is -1.93. The molecular weight excluding hydrogens is 521 g/mol. The number of halogens is 3. The summed E-state index contributed by atoms with van der Waals surface area (Å²) in [6, 6.07) is 6.13. The molecule has 1 aromatic rings. The summed E-state index contributed by atoms with van der Waals surface area (Å²) in [5.41, 5.74) is 8.17. The Labute approximate surface area is 228 Å². The van der Waals surface area contributed by atoms with Crippen LogP contribution in [0.25, 0.3) is 0 Å². The molecule has 1 aliphatic carbocycles. The van der Waals surface area contributed by atoms with Crippen LogP contribution in [0.3, 0.4) is 0 Å². The van der Waals surface area contributed by atoms with Gasteiger partial charge in [0.2, 0.25) is 11.8 Å². The third-order valence-corrected chi connectivity index (χ3v) is 8.21. The Balaban J connectivity index is 1.32. The van der Waals surface area contributed by atoms with Crippen LogP contribution < -0.4 is 21.3 Å². The molecule has 3 unspecified atom stereocenters. The van der Waals surface area contributed by atoms with E-state index in [-0.39, 0.29) is 41.7 Å². The monoisotopic (exact) mass is 553 g/mol. The molecule has 196 valence electrons. The minimum absolute atomic E-state index is 0.0178. The maximum absolute atomic E-state index is 13.1. The number of anilines is 2. The second kappa shape index (κ2) is 12.1. The number of amides is 2. The van der Waals surface area contributed by atoms with Crippen LogP contribution in [0.4, 0.5) is 11.4 Å². The quantitative estimate of drug-likeness (QED) is 0.421. The van der Waals surface area contributed by atoms with Crippen LogP contribution in [0.5, 0.6) is 0 Å². The van der Waals surface area contributed by atoms with Crippen molar-refractivity contribution in [2.75, 3.05) is 42.9 Å². The largest absolute Gasteiger partial charge is 0.377 e. The van der Waals surface area contributed by atoms with E-state index in [1.807, 2.05) is 23.1 Å². The molecule has 1 aromatic carbocycles. The molecule has 36 heavy (non-hydrogen) atoms. The molecule has 0 bridgehead atoms. The number of rotatable bonds is 8. The molecule has 0 radical (unpaired) electrons. The van der Waals surface area contributed by atoms with Crippen molar-refractivity contribution in [3.8, 4) is 0 Å². The van der Waals surface area contributed by atoms with Gasteiger partial charge in [-0.3, -0.25) is 9.59 Å². The van der Waals surface area contributed by atoms with Crippen molar-refractivity contribution >= 4 is 58.0 Å². The van der Waals surface area contributed by atoms with Crippen molar-refractivity contribution in [3.05, 3.63) is 46.0 Å². The minimum Gasteiger partial charge on any atom is -0.377 e. The number of hydrogen-bond acceptors (Lipinski definition) is 5. The molecule has 2 fully saturated rings. The number of benzene rings is 1. The van der Waals surface area contributed by atoms with Gasteiger partial charge in [0.1, 0.15) is 0 Å². The summed E-state index contributed by atoms with van der Waals surface area (Å²) < 4.78 is 0. The van der Waals surface area contributed by atoms with Gasteiger partial charge >= 0.3 is 0 Å². The number of carbonyl (C=O) groups is 2. The fourth-order valence-electron chi connectivity index (χ4n) is 5.19. The summed E-state index contributed by atoms with van der Waals surface area (Å²) in [5, 5.41) is 7.89. The lowest BCUT2D eigenvalue weighted by molar-refractivity contribution is -0.135. The molecule has 3 atom stereocenters. The Morgan fingerprint density at radius 2 is 1.92 bits per heavy atom. The van der Waals surface area contributed by atoms with Crippen molar-refractivity contribution in [1.29, 1.82) is 0 Å². The van der Waals surface area contributed by atoms with Gasteiger partial charge in [0.25, 0.3) is 0 Å². The number of primary amides is 1. The number of nitrogens with one attached hydrogen (secondary N) is 2. The maximum Gasteiger partial charge on any atom is 0.231 e. The standard InChI is InChI=1S/C26H34Cl3N5O2/c1-16(21-4-2-18(27)12-23(21)29)32-24-13-20(3-5-22(24)28)33-9-6-17(7-10-33)26(36)34-11-8-19(15-34)31-14-25(30)35/h3-5,12-13,16-19,31-32H,2,6-11,14-15H2,1H3,(H2,30,35). The zero-order valence-corrected chi connectivity index (χ0v) is 22.8. The molecule has 0 spiro atoms. The smallest absolute Gasteiger partial charge is 0.231 e. The molecule has 2 heterocycles. The number of carbonyl (C=O) groups excluding carboxylic acids is 2. The summed E-state index contributed by atoms with van der Waals surface area (Å²) >= 11 is 19.1. The number of piperidine rings is 1. The number of hydrogen-bond donors (Lipinski definition) is 3. The van der Waals surface area contributed by atoms with Crippen LogP contribution in [0.1, 0.15) is 32.6 Å². The van der Waals surface area contributed by atoms with Crippen molar-refractivity contribution in [2.24, 2.45) is 11.7 Å². The third-order valence-electron chi connectivity index (χ3n) is 7.23. The average molecular weight is 555 g/mol. The number of allylic oxidation sites excluding steroid dienone is 2. The molecule has 0 aromatic heterocycles. The molecule has 4 rings (SSSR count). The van der Waals surface area contributed by atoms with Crippen molar-refractivity contribution in [1.82, 2.24) is 10.2 Å². The molecule has 4 N–H and O–H groups in total. The minimum atomic E-state index is -0.377. The topological polar surface area (TPSA) is 90.7 Å². The van der Waals surface area contributed by atoms with Crippen LogP contribution in [0.15, 0.2) is 41.0 Å². The Morgan fingerprint density at radius 1 is 1.17 bits per heavy atom. The summed E-state index contributed by atoms with van der Waals surface area (Å²) in [5.74, 6) is -0.132. The van der Waals surface area contributed by atoms with Gasteiger partial charge in [0.05, 0.1) is 22.6 Å². The predicted octanol–water partition coefficient (Wildman–Crippen LogP) is 4.09. The van der Waals surface area contributed by atoms with E-state index in [2.05, 4.69) is 34.6 Å². The molecule has 2 saturated heterocycles. The van der Waals surface area contributed by atoms with Gasteiger partial charge in [0, 0.05) is 54.9 Å². The van der Waals surface area contributed by atoms with E-state index in [9.17, 15) is 9.59 Å². The Morgan fingerprint density at radius 3 is 2.61 bits per heavy atom. The van der Waals surface area contributed by atoms with Crippen LogP contribution in [0, 0.1) is 5.92 Å². The Bertz CT molecular complexity index is 1040. The predicted molar refractivity (Wildman–Crippen MR) is 148 cm³/mol. The average Bonchev–Trinajstić information content (AvgIpc) is 3.33. The molecule has 2 amide bonds. The van der Waals surface area contributed by atoms with Gasteiger partial charge in [-0.1, -0.05) is 29.3 Å². The van der Waals surface area contributed by atoms with Crippen LogP contribution in [-0.4, -0.2) is 66.9 Å². The first kappa shape index (κ1) is 27.1. The van der Waals surface area contributed by atoms with Crippen molar-refractivity contribution in [2.45, 2.75) is 50.1 Å². The normalized spacial score (nSPS) is 23.8. The SMILES string of the molecule is CC(Nc1cc(N2CCC(C(=O)N3CCC(NCC(N)=O)C3)CC2)ccc1Cl)C1=CCC(Cl)C=C1Cl. The van der Waals surface area contributed by atoms with E-state index in [1.165, 1.54) is 0 Å². The highest BCUT2D eigenvalue weighted by atomic mass is 35.5. The van der Waals surface area contributed by atoms with Crippen molar-refractivity contribution < 1.29 is 9.59 Å². The van der Waals surface area contributed by atoms with E-state index in [4.69, 9.17) is 40.5 Å². The number of nitrogens with zero attached hydrogens (tertiary/aromatic N) is 2. The summed E-state index contributed by atoms with van der Waals surface area (Å²) in [6.07, 6.45) is 7.17. The second-order valence-electron chi connectivity index (χ2n) is 9.83. The van der Waals surface area contributed by atoms with E-state index >= 15 is 0 Å². The first-order valence-corrected chi connectivity index (χ1v) is 13.7. The van der Waals surface area contributed by atoms with Crippen LogP contribution in [0.2, 0.25) is 5.02 Å². The van der Waals surface area contributed by atoms with Gasteiger partial charge in [-0.25, -0.2) is 0 Å². The zero-order valence-electron chi connectivity index (χ0n) is 20.5. The molecule has 3 aliphatic rings. The van der Waals surface area contributed by atoms with E-state index in [0.717, 1.165) is 62.3 Å². The highest BCUT2D eigenvalue weighted by Crippen LogP contribution is 2.34. The molecular formula is C26H34Cl3N5O2. The highest BCUT2D eigenvalue weighted by molar-refractivity contribution is 6.34. The second-order valence-corrected chi connectivity index (χ2v) is 11.2. The molecule has 7 nitrogen and oxygen atoms in total. The van der Waals surface area contributed by atoms with Crippen LogP contribution >= 0.6 is 34.8 Å². The lowest BCUT2D eigenvalue weighted by Crippen LogP contribution is -2.43. The molecule has 0 saturated carbocycles. The first-order chi connectivity index (χ1) is 17.2. The number of nitrogens with two attached hydrogens (primary N) is 1. The van der Waals surface area contributed by atoms with E-state index in [0.29, 0.717) is 16.6 Å². The van der Waals surface area contributed by atoms with Gasteiger partial charge < -0.3 is 26.2 Å². The van der Waals surface area contributed by atoms with E-state index in [1.54, 1.807) is 0 Å². The molecule has 10 heteroatoms. The third kappa shape index (κ3) is 6.68. The van der Waals surface area contributed by atoms with Crippen LogP contribution in [-0.2, 0) is 9.59 Å². The summed E-state index contributed by atoms with van der Waals surface area (Å²) in [4.78, 5) is 28.3. The zero-order chi connectivity index (χ0) is 25.8. The lowest BCUT2D eigenvalue weighted by Gasteiger charge is -2.35. The Kier molecular flexibility index (Phi) is 9.10. The lowest BCUT2D eigenvalue weighted by atomic mass is 9.95. The fraction of sp³-hybridized carbons (Fsp3) is 0.538. The van der Waals surface area contributed by atoms with Gasteiger partial charge in [-0.05, 0) is 62.5 Å². The first-order valence-electron chi connectivity index (χ1n) is 12.5. The highest BCUT2D eigenvalue weighted by Gasteiger charge is 2.33. The van der Waals surface area contributed by atoms with Crippen molar-refractivity contribution in [3.63, 3.8) is 0 Å². The van der Waals surface area contributed by atoms with Gasteiger partial charge in [0.15, 0.2) is 0 Å². The fourth-order valence-corrected chi connectivity index (χ4v) is 6.03. The molecule has 2 aliphatic heterocycles. The van der Waals surface area contributed by atoms with Gasteiger partial charge in [-0.2, -0.15) is 0 Å². The summed E-state index contributed by atoms with van der Waals surface area (Å²) in [7, 11) is 0. The number of alkyl halides is 1.